The van der Waals surface area contributed by atoms with Gasteiger partial charge in [-0.2, -0.15) is 0 Å². The van der Waals surface area contributed by atoms with Crippen molar-refractivity contribution in [3.8, 4) is 5.75 Å². The third-order valence-electron chi connectivity index (χ3n) is 3.03. The van der Waals surface area contributed by atoms with Crippen LogP contribution in [0.5, 0.6) is 5.75 Å². The number of methoxy groups -OCH3 is 1. The van der Waals surface area contributed by atoms with Gasteiger partial charge >= 0.3 is 5.97 Å². The van der Waals surface area contributed by atoms with Crippen LogP contribution in [0.4, 0.5) is 0 Å². The summed E-state index contributed by atoms with van der Waals surface area (Å²) >= 11 is 0. The van der Waals surface area contributed by atoms with Crippen LogP contribution in [0.1, 0.15) is 13.3 Å². The van der Waals surface area contributed by atoms with E-state index in [0.717, 1.165) is 0 Å². The summed E-state index contributed by atoms with van der Waals surface area (Å²) in [5.41, 5.74) is 0. The van der Waals surface area contributed by atoms with Crippen LogP contribution in [0, 0.1) is 0 Å². The Morgan fingerprint density at radius 1 is 1.13 bits per heavy atom. The van der Waals surface area contributed by atoms with Crippen molar-refractivity contribution < 1.29 is 23.9 Å². The van der Waals surface area contributed by atoms with Crippen LogP contribution in [-0.4, -0.2) is 56.0 Å². The number of nitrogens with one attached hydrogen (secondary N) is 1. The average Bonchev–Trinajstić information content (AvgIpc) is 2.56. The van der Waals surface area contributed by atoms with Crippen molar-refractivity contribution >= 4 is 17.8 Å². The van der Waals surface area contributed by atoms with Crippen molar-refractivity contribution in [2.75, 3.05) is 33.4 Å². The van der Waals surface area contributed by atoms with Gasteiger partial charge in [-0.1, -0.05) is 18.2 Å². The van der Waals surface area contributed by atoms with Crippen molar-refractivity contribution in [1.29, 1.82) is 0 Å². The van der Waals surface area contributed by atoms with Crippen molar-refractivity contribution in [1.82, 2.24) is 10.2 Å². The number of amides is 2. The number of nitrogens with zero attached hydrogens (tertiary/aromatic N) is 1. The lowest BCUT2D eigenvalue weighted by Crippen LogP contribution is -2.41. The fourth-order valence-corrected chi connectivity index (χ4v) is 1.81. The lowest BCUT2D eigenvalue weighted by Gasteiger charge is -2.22. The Morgan fingerprint density at radius 2 is 1.83 bits per heavy atom. The monoisotopic (exact) mass is 322 g/mol. The van der Waals surface area contributed by atoms with Crippen molar-refractivity contribution in [2.45, 2.75) is 13.3 Å². The molecule has 1 aromatic rings. The van der Waals surface area contributed by atoms with E-state index in [2.05, 4.69) is 10.1 Å². The standard InChI is InChI=1S/C16H22N2O5/c1-13(19)17-9-11-18(10-8-16(21)22-2)15(20)12-23-14-6-4-3-5-7-14/h3-7H,8-12H2,1-2H3,(H,17,19). The number of carbonyl (C=O) groups is 3. The fraction of sp³-hybridized carbons (Fsp3) is 0.438. The lowest BCUT2D eigenvalue weighted by molar-refractivity contribution is -0.142. The molecule has 0 aliphatic carbocycles. The zero-order valence-corrected chi connectivity index (χ0v) is 13.4. The third kappa shape index (κ3) is 7.85. The number of esters is 1. The minimum absolute atomic E-state index is 0.0909. The van der Waals surface area contributed by atoms with Gasteiger partial charge in [0.05, 0.1) is 13.5 Å². The Balaban J connectivity index is 2.51. The summed E-state index contributed by atoms with van der Waals surface area (Å²) in [6.45, 7) is 2.09. The Kier molecular flexibility index (Phi) is 8.20. The van der Waals surface area contributed by atoms with E-state index >= 15 is 0 Å². The summed E-state index contributed by atoms with van der Waals surface area (Å²) in [5, 5.41) is 2.62. The molecular weight excluding hydrogens is 300 g/mol. The van der Waals surface area contributed by atoms with Gasteiger partial charge in [-0.25, -0.2) is 0 Å². The van der Waals surface area contributed by atoms with Crippen molar-refractivity contribution in [3.63, 3.8) is 0 Å². The highest BCUT2D eigenvalue weighted by Gasteiger charge is 2.16. The Hall–Kier alpha value is -2.57. The highest BCUT2D eigenvalue weighted by molar-refractivity contribution is 5.79. The number of hydrogen-bond donors (Lipinski definition) is 1. The zero-order chi connectivity index (χ0) is 17.1. The van der Waals surface area contributed by atoms with Crippen LogP contribution in [-0.2, 0) is 19.1 Å². The first kappa shape index (κ1) is 18.5. The molecule has 1 rings (SSSR count). The summed E-state index contributed by atoms with van der Waals surface area (Å²) in [5.74, 6) is -0.240. The maximum atomic E-state index is 12.2. The SMILES string of the molecule is COC(=O)CCN(CCNC(C)=O)C(=O)COc1ccccc1. The van der Waals surface area contributed by atoms with Crippen LogP contribution in [0.25, 0.3) is 0 Å². The van der Waals surface area contributed by atoms with E-state index in [0.29, 0.717) is 18.8 Å². The zero-order valence-electron chi connectivity index (χ0n) is 13.4. The van der Waals surface area contributed by atoms with E-state index < -0.39 is 5.97 Å². The minimum Gasteiger partial charge on any atom is -0.484 e. The number of para-hydroxylation sites is 1. The molecule has 23 heavy (non-hydrogen) atoms. The van der Waals surface area contributed by atoms with Crippen LogP contribution < -0.4 is 10.1 Å². The smallest absolute Gasteiger partial charge is 0.307 e. The van der Waals surface area contributed by atoms with Crippen molar-refractivity contribution in [3.05, 3.63) is 30.3 Å². The van der Waals surface area contributed by atoms with Gasteiger partial charge < -0.3 is 19.7 Å². The molecule has 0 fully saturated rings. The number of carbonyl (C=O) groups excluding carboxylic acids is 3. The third-order valence-corrected chi connectivity index (χ3v) is 3.03. The number of hydrogen-bond acceptors (Lipinski definition) is 5. The van der Waals surface area contributed by atoms with E-state index in [1.807, 2.05) is 18.2 Å². The average molecular weight is 322 g/mol. The van der Waals surface area contributed by atoms with E-state index in [-0.39, 0.29) is 31.4 Å². The molecule has 0 heterocycles. The number of ether oxygens (including phenoxy) is 2. The van der Waals surface area contributed by atoms with Gasteiger partial charge in [0.25, 0.3) is 5.91 Å². The molecule has 0 aliphatic rings. The molecule has 126 valence electrons. The van der Waals surface area contributed by atoms with Crippen molar-refractivity contribution in [2.24, 2.45) is 0 Å². The predicted molar refractivity (Wildman–Crippen MR) is 83.8 cm³/mol. The van der Waals surface area contributed by atoms with Gasteiger partial charge in [-0.15, -0.1) is 0 Å². The van der Waals surface area contributed by atoms with Crippen LogP contribution in [0.15, 0.2) is 30.3 Å². The Bertz CT molecular complexity index is 518. The van der Waals surface area contributed by atoms with Gasteiger partial charge in [0, 0.05) is 26.6 Å². The van der Waals surface area contributed by atoms with E-state index in [9.17, 15) is 14.4 Å². The van der Waals surface area contributed by atoms with E-state index in [1.54, 1.807) is 12.1 Å². The van der Waals surface area contributed by atoms with Crippen LogP contribution >= 0.6 is 0 Å². The summed E-state index contributed by atoms with van der Waals surface area (Å²) in [4.78, 5) is 35.8. The maximum Gasteiger partial charge on any atom is 0.307 e. The Labute approximate surface area is 135 Å². The first-order chi connectivity index (χ1) is 11.0. The summed E-state index contributed by atoms with van der Waals surface area (Å²) < 4.78 is 9.99. The van der Waals surface area contributed by atoms with Gasteiger partial charge in [0.1, 0.15) is 5.75 Å². The molecule has 0 atom stereocenters. The quantitative estimate of drug-likeness (QED) is 0.673. The molecule has 0 aromatic heterocycles. The second-order valence-corrected chi connectivity index (χ2v) is 4.79. The first-order valence-corrected chi connectivity index (χ1v) is 7.29. The van der Waals surface area contributed by atoms with Crippen LogP contribution in [0.3, 0.4) is 0 Å². The fourth-order valence-electron chi connectivity index (χ4n) is 1.81. The molecule has 0 bridgehead atoms. The molecule has 7 heteroatoms. The largest absolute Gasteiger partial charge is 0.484 e. The molecule has 0 aliphatic heterocycles. The maximum absolute atomic E-state index is 12.2. The molecule has 0 saturated heterocycles. The molecule has 1 N–H and O–H groups in total. The highest BCUT2D eigenvalue weighted by atomic mass is 16.5. The molecule has 7 nitrogen and oxygen atoms in total. The summed E-state index contributed by atoms with van der Waals surface area (Å²) in [6.07, 6.45) is 0.0909. The van der Waals surface area contributed by atoms with Gasteiger partial charge in [-0.05, 0) is 12.1 Å². The normalized spacial score (nSPS) is 9.83. The number of benzene rings is 1. The molecule has 0 unspecified atom stereocenters. The Morgan fingerprint density at radius 3 is 2.43 bits per heavy atom. The minimum atomic E-state index is -0.397. The lowest BCUT2D eigenvalue weighted by atomic mass is 10.3. The highest BCUT2D eigenvalue weighted by Crippen LogP contribution is 2.08. The second-order valence-electron chi connectivity index (χ2n) is 4.79. The van der Waals surface area contributed by atoms with Gasteiger partial charge in [0.15, 0.2) is 6.61 Å². The topological polar surface area (TPSA) is 84.9 Å². The van der Waals surface area contributed by atoms with Gasteiger partial charge in [-0.3, -0.25) is 14.4 Å². The van der Waals surface area contributed by atoms with E-state index in [4.69, 9.17) is 4.74 Å². The predicted octanol–water partition coefficient (Wildman–Crippen LogP) is 0.593. The molecule has 1 aromatic carbocycles. The number of rotatable bonds is 9. The summed E-state index contributed by atoms with van der Waals surface area (Å²) in [6, 6.07) is 8.98. The molecule has 0 saturated carbocycles. The molecule has 2 amide bonds. The first-order valence-electron chi connectivity index (χ1n) is 7.29. The van der Waals surface area contributed by atoms with Crippen LogP contribution in [0.2, 0.25) is 0 Å². The van der Waals surface area contributed by atoms with E-state index in [1.165, 1.54) is 18.9 Å². The van der Waals surface area contributed by atoms with Gasteiger partial charge in [0.2, 0.25) is 5.91 Å². The second kappa shape index (κ2) is 10.2. The molecule has 0 radical (unpaired) electrons. The molecule has 0 spiro atoms. The summed E-state index contributed by atoms with van der Waals surface area (Å²) in [7, 11) is 1.30. The molecular formula is C16H22N2O5.